The smallest absolute Gasteiger partial charge is 0.213 e. The van der Waals surface area contributed by atoms with Gasteiger partial charge in [0.05, 0.1) is 12.4 Å². The highest BCUT2D eigenvalue weighted by atomic mass is 32.2. The van der Waals surface area contributed by atoms with Crippen LogP contribution in [0.1, 0.15) is 0 Å². The Morgan fingerprint density at radius 1 is 1.43 bits per heavy atom. The molecular weight excluding hydrogens is 242 g/mol. The Balaban J connectivity index is 2.24. The summed E-state index contributed by atoms with van der Waals surface area (Å²) in [6.45, 7) is 0.169. The molecule has 1 saturated heterocycles. The summed E-state index contributed by atoms with van der Waals surface area (Å²) in [5, 5.41) is 8.89. The first-order valence-electron chi connectivity index (χ1n) is 4.41. The second kappa shape index (κ2) is 6.22. The van der Waals surface area contributed by atoms with E-state index < -0.39 is 10.0 Å². The first-order chi connectivity index (χ1) is 6.64. The molecule has 1 atom stereocenters. The first kappa shape index (κ1) is 12.6. The van der Waals surface area contributed by atoms with Crippen molar-refractivity contribution in [3.05, 3.63) is 0 Å². The maximum atomic E-state index is 11.2. The van der Waals surface area contributed by atoms with Gasteiger partial charge in [0.1, 0.15) is 0 Å². The molecule has 2 N–H and O–H groups in total. The molecule has 0 radical (unpaired) electrons. The zero-order chi connectivity index (χ0) is 10.4. The number of thioether (sulfide) groups is 2. The van der Waals surface area contributed by atoms with E-state index in [0.29, 0.717) is 11.8 Å². The minimum Gasteiger partial charge on any atom is -0.395 e. The quantitative estimate of drug-likeness (QED) is 0.711. The third-order valence-corrected chi connectivity index (χ3v) is 5.95. The molecule has 1 heterocycles. The molecule has 0 spiro atoms. The highest BCUT2D eigenvalue weighted by molar-refractivity contribution is 8.06. The minimum atomic E-state index is -3.25. The molecule has 14 heavy (non-hydrogen) atoms. The van der Waals surface area contributed by atoms with Crippen LogP contribution in [0.4, 0.5) is 0 Å². The minimum absolute atomic E-state index is 0.197. The molecule has 1 aliphatic rings. The van der Waals surface area contributed by atoms with Crippen LogP contribution >= 0.6 is 23.5 Å². The molecule has 0 aliphatic carbocycles. The number of sulfonamides is 1. The van der Waals surface area contributed by atoms with Gasteiger partial charge >= 0.3 is 0 Å². The van der Waals surface area contributed by atoms with Gasteiger partial charge in [0.15, 0.2) is 0 Å². The van der Waals surface area contributed by atoms with Gasteiger partial charge in [-0.25, -0.2) is 13.1 Å². The zero-order valence-electron chi connectivity index (χ0n) is 7.81. The second-order valence-electron chi connectivity index (χ2n) is 2.96. The summed E-state index contributed by atoms with van der Waals surface area (Å²) >= 11 is 3.67. The Labute approximate surface area is 93.3 Å². The van der Waals surface area contributed by atoms with E-state index in [0.717, 1.165) is 17.3 Å². The van der Waals surface area contributed by atoms with Gasteiger partial charge in [-0.3, -0.25) is 0 Å². The van der Waals surface area contributed by atoms with Crippen LogP contribution in [0.2, 0.25) is 0 Å². The number of nitrogens with one attached hydrogen (secondary N) is 1. The largest absolute Gasteiger partial charge is 0.395 e. The Morgan fingerprint density at radius 3 is 2.79 bits per heavy atom. The summed E-state index contributed by atoms with van der Waals surface area (Å²) in [5.41, 5.74) is 0. The van der Waals surface area contributed by atoms with E-state index in [1.807, 2.05) is 23.5 Å². The van der Waals surface area contributed by atoms with Gasteiger partial charge in [0, 0.05) is 29.1 Å². The fraction of sp³-hybridized carbons (Fsp3) is 1.00. The van der Waals surface area contributed by atoms with Crippen molar-refractivity contribution in [3.8, 4) is 0 Å². The van der Waals surface area contributed by atoms with Crippen LogP contribution in [-0.4, -0.2) is 54.9 Å². The van der Waals surface area contributed by atoms with Crippen molar-refractivity contribution in [1.29, 1.82) is 0 Å². The molecule has 1 aliphatic heterocycles. The highest BCUT2D eigenvalue weighted by Crippen LogP contribution is 2.23. The number of hydrogen-bond acceptors (Lipinski definition) is 5. The standard InChI is InChI=1S/C7H15NO3S3/c9-1-4-14(10,11)8-5-7-6-12-2-3-13-7/h7-9H,1-6H2. The summed E-state index contributed by atoms with van der Waals surface area (Å²) in [6, 6.07) is 0. The molecule has 0 saturated carbocycles. The number of aliphatic hydroxyl groups is 1. The van der Waals surface area contributed by atoms with E-state index in [1.54, 1.807) is 0 Å². The number of hydrogen-bond donors (Lipinski definition) is 2. The fourth-order valence-corrected chi connectivity index (χ4v) is 4.62. The van der Waals surface area contributed by atoms with Crippen molar-refractivity contribution >= 4 is 33.5 Å². The molecule has 1 fully saturated rings. The molecular formula is C7H15NO3S3. The number of rotatable bonds is 5. The molecule has 1 unspecified atom stereocenters. The van der Waals surface area contributed by atoms with Crippen LogP contribution in [0.3, 0.4) is 0 Å². The van der Waals surface area contributed by atoms with E-state index in [1.165, 1.54) is 0 Å². The van der Waals surface area contributed by atoms with Gasteiger partial charge in [-0.1, -0.05) is 0 Å². The van der Waals surface area contributed by atoms with Crippen molar-refractivity contribution in [3.63, 3.8) is 0 Å². The average Bonchev–Trinajstić information content (AvgIpc) is 2.17. The number of aliphatic hydroxyl groups excluding tert-OH is 1. The summed E-state index contributed by atoms with van der Waals surface area (Å²) in [7, 11) is -3.25. The van der Waals surface area contributed by atoms with Gasteiger partial charge < -0.3 is 5.11 Å². The zero-order valence-corrected chi connectivity index (χ0v) is 10.3. The molecule has 0 aromatic rings. The normalized spacial score (nSPS) is 23.6. The first-order valence-corrected chi connectivity index (χ1v) is 8.27. The van der Waals surface area contributed by atoms with Gasteiger partial charge in [0.2, 0.25) is 10.0 Å². The van der Waals surface area contributed by atoms with Crippen LogP contribution in [0.25, 0.3) is 0 Å². The highest BCUT2D eigenvalue weighted by Gasteiger charge is 2.17. The lowest BCUT2D eigenvalue weighted by molar-refractivity contribution is 0.319. The third-order valence-electron chi connectivity index (χ3n) is 1.78. The van der Waals surface area contributed by atoms with Crippen molar-refractivity contribution in [2.45, 2.75) is 5.25 Å². The van der Waals surface area contributed by atoms with Gasteiger partial charge in [-0.2, -0.15) is 23.5 Å². The lowest BCUT2D eigenvalue weighted by atomic mass is 10.5. The van der Waals surface area contributed by atoms with Crippen molar-refractivity contribution in [2.24, 2.45) is 0 Å². The van der Waals surface area contributed by atoms with E-state index in [2.05, 4.69) is 4.72 Å². The Hall–Kier alpha value is 0.570. The molecule has 1 rings (SSSR count). The lowest BCUT2D eigenvalue weighted by Crippen LogP contribution is -2.35. The Kier molecular flexibility index (Phi) is 5.61. The van der Waals surface area contributed by atoms with Crippen molar-refractivity contribution < 1.29 is 13.5 Å². The maximum absolute atomic E-state index is 11.2. The van der Waals surface area contributed by atoms with Crippen LogP contribution in [-0.2, 0) is 10.0 Å². The molecule has 7 heteroatoms. The molecule has 0 aromatic carbocycles. The third kappa shape index (κ3) is 4.88. The van der Waals surface area contributed by atoms with Crippen LogP contribution in [0.15, 0.2) is 0 Å². The molecule has 0 aromatic heterocycles. The van der Waals surface area contributed by atoms with Crippen molar-refractivity contribution in [1.82, 2.24) is 4.72 Å². The SMILES string of the molecule is O=S(=O)(CCO)NCC1CSCCS1. The lowest BCUT2D eigenvalue weighted by Gasteiger charge is -2.20. The molecule has 0 amide bonds. The fourth-order valence-electron chi connectivity index (χ4n) is 1.07. The van der Waals surface area contributed by atoms with Crippen LogP contribution in [0.5, 0.6) is 0 Å². The predicted octanol–water partition coefficient (Wildman–Crippen LogP) is -0.253. The summed E-state index contributed by atoms with van der Waals surface area (Å²) in [6.07, 6.45) is 0. The van der Waals surface area contributed by atoms with Crippen LogP contribution in [0, 0.1) is 0 Å². The van der Waals surface area contributed by atoms with Gasteiger partial charge in [-0.15, -0.1) is 0 Å². The molecule has 84 valence electrons. The van der Waals surface area contributed by atoms with E-state index >= 15 is 0 Å². The average molecular weight is 257 g/mol. The van der Waals surface area contributed by atoms with E-state index in [4.69, 9.17) is 5.11 Å². The molecule has 0 bridgehead atoms. The van der Waals surface area contributed by atoms with Crippen molar-refractivity contribution in [2.75, 3.05) is 36.2 Å². The molecule has 4 nitrogen and oxygen atoms in total. The second-order valence-corrected chi connectivity index (χ2v) is 7.44. The van der Waals surface area contributed by atoms with Crippen LogP contribution < -0.4 is 4.72 Å². The van der Waals surface area contributed by atoms with E-state index in [9.17, 15) is 8.42 Å². The topological polar surface area (TPSA) is 66.4 Å². The predicted molar refractivity (Wildman–Crippen MR) is 62.4 cm³/mol. The van der Waals surface area contributed by atoms with Gasteiger partial charge in [0.25, 0.3) is 0 Å². The summed E-state index contributed by atoms with van der Waals surface area (Å²) in [4.78, 5) is 0. The summed E-state index contributed by atoms with van der Waals surface area (Å²) < 4.78 is 24.9. The van der Waals surface area contributed by atoms with E-state index in [-0.39, 0.29) is 12.4 Å². The maximum Gasteiger partial charge on any atom is 0.213 e. The monoisotopic (exact) mass is 257 g/mol. The Bertz CT molecular complexity index is 249. The van der Waals surface area contributed by atoms with Gasteiger partial charge in [-0.05, 0) is 0 Å². The Morgan fingerprint density at radius 2 is 2.21 bits per heavy atom. The summed E-state index contributed by atoms with van der Waals surface area (Å²) in [5.74, 6) is 3.06.